The fourth-order valence-electron chi connectivity index (χ4n) is 2.21. The van der Waals surface area contributed by atoms with E-state index in [1.54, 1.807) is 11.3 Å². The van der Waals surface area contributed by atoms with E-state index in [1.165, 1.54) is 0 Å². The molecule has 1 aliphatic rings. The van der Waals surface area contributed by atoms with E-state index in [0.717, 1.165) is 21.8 Å². The second-order valence-electron chi connectivity index (χ2n) is 4.59. The van der Waals surface area contributed by atoms with Gasteiger partial charge in [0, 0.05) is 6.54 Å². The first-order chi connectivity index (χ1) is 9.22. The van der Waals surface area contributed by atoms with Gasteiger partial charge < -0.3 is 15.8 Å². The molecule has 1 aromatic carbocycles. The number of carbonyl (C=O) groups excluding carboxylic acids is 1. The van der Waals surface area contributed by atoms with Gasteiger partial charge in [-0.2, -0.15) is 0 Å². The van der Waals surface area contributed by atoms with Crippen molar-refractivity contribution < 1.29 is 9.53 Å². The number of ether oxygens (including phenoxy) is 1. The zero-order valence-corrected chi connectivity index (χ0v) is 11.2. The summed E-state index contributed by atoms with van der Waals surface area (Å²) in [5.74, 6) is -0.373. The number of benzene rings is 1. The highest BCUT2D eigenvalue weighted by molar-refractivity contribution is 7.22. The van der Waals surface area contributed by atoms with E-state index >= 15 is 0 Å². The van der Waals surface area contributed by atoms with Crippen LogP contribution in [0.15, 0.2) is 24.3 Å². The van der Waals surface area contributed by atoms with Gasteiger partial charge in [-0.1, -0.05) is 23.5 Å². The van der Waals surface area contributed by atoms with Crippen LogP contribution in [0.25, 0.3) is 10.2 Å². The minimum atomic E-state index is -0.429. The molecule has 1 amide bonds. The topological polar surface area (TPSA) is 77.2 Å². The number of fused-ring (bicyclic) bond motifs is 1. The SMILES string of the molecule is NC(=O)C1CCC(CNc2nc3ccccc3s2)O1. The van der Waals surface area contributed by atoms with Crippen LogP contribution in [0.4, 0.5) is 5.13 Å². The van der Waals surface area contributed by atoms with Crippen LogP contribution in [-0.2, 0) is 9.53 Å². The third-order valence-electron chi connectivity index (χ3n) is 3.20. The van der Waals surface area contributed by atoms with Crippen LogP contribution in [0, 0.1) is 0 Å². The maximum Gasteiger partial charge on any atom is 0.246 e. The molecule has 100 valence electrons. The Kier molecular flexibility index (Phi) is 3.35. The number of para-hydroxylation sites is 1. The van der Waals surface area contributed by atoms with Gasteiger partial charge in [-0.15, -0.1) is 0 Å². The average molecular weight is 277 g/mol. The fraction of sp³-hybridized carbons (Fsp3) is 0.385. The molecule has 2 aromatic rings. The molecule has 1 aromatic heterocycles. The van der Waals surface area contributed by atoms with E-state index in [4.69, 9.17) is 10.5 Å². The highest BCUT2D eigenvalue weighted by Crippen LogP contribution is 2.26. The quantitative estimate of drug-likeness (QED) is 0.892. The van der Waals surface area contributed by atoms with Gasteiger partial charge in [-0.25, -0.2) is 4.98 Å². The lowest BCUT2D eigenvalue weighted by molar-refractivity contribution is -0.128. The van der Waals surface area contributed by atoms with Gasteiger partial charge >= 0.3 is 0 Å². The summed E-state index contributed by atoms with van der Waals surface area (Å²) in [4.78, 5) is 15.5. The van der Waals surface area contributed by atoms with Crippen LogP contribution >= 0.6 is 11.3 Å². The number of hydrogen-bond donors (Lipinski definition) is 2. The number of carbonyl (C=O) groups is 1. The molecule has 1 fully saturated rings. The Labute approximate surface area is 114 Å². The molecule has 2 unspecified atom stereocenters. The monoisotopic (exact) mass is 277 g/mol. The molecule has 3 N–H and O–H groups in total. The zero-order valence-electron chi connectivity index (χ0n) is 10.3. The first-order valence-electron chi connectivity index (χ1n) is 6.26. The zero-order chi connectivity index (χ0) is 13.2. The number of nitrogens with zero attached hydrogens (tertiary/aromatic N) is 1. The van der Waals surface area contributed by atoms with Crippen molar-refractivity contribution in [1.82, 2.24) is 4.98 Å². The summed E-state index contributed by atoms with van der Waals surface area (Å²) in [5.41, 5.74) is 6.22. The van der Waals surface area contributed by atoms with Crippen molar-refractivity contribution in [3.8, 4) is 0 Å². The van der Waals surface area contributed by atoms with E-state index < -0.39 is 6.10 Å². The lowest BCUT2D eigenvalue weighted by Gasteiger charge is -2.11. The molecule has 0 radical (unpaired) electrons. The van der Waals surface area contributed by atoms with Crippen molar-refractivity contribution in [2.24, 2.45) is 5.73 Å². The smallest absolute Gasteiger partial charge is 0.246 e. The number of nitrogens with two attached hydrogens (primary N) is 1. The number of nitrogens with one attached hydrogen (secondary N) is 1. The molecule has 0 saturated carbocycles. The summed E-state index contributed by atoms with van der Waals surface area (Å²) in [6.07, 6.45) is 1.17. The largest absolute Gasteiger partial charge is 0.367 e. The molecule has 0 aliphatic carbocycles. The molecule has 2 atom stereocenters. The molecular formula is C13H15N3O2S. The summed E-state index contributed by atoms with van der Waals surface area (Å²) < 4.78 is 6.72. The normalized spacial score (nSPS) is 22.7. The van der Waals surface area contributed by atoms with Gasteiger partial charge in [-0.3, -0.25) is 4.79 Å². The molecule has 0 spiro atoms. The summed E-state index contributed by atoms with van der Waals surface area (Å²) in [6, 6.07) is 8.02. The van der Waals surface area contributed by atoms with Gasteiger partial charge in [0.05, 0.1) is 16.3 Å². The number of amides is 1. The minimum Gasteiger partial charge on any atom is -0.367 e. The second kappa shape index (κ2) is 5.14. The fourth-order valence-corrected chi connectivity index (χ4v) is 3.09. The van der Waals surface area contributed by atoms with Crippen LogP contribution in [0.1, 0.15) is 12.8 Å². The number of rotatable bonds is 4. The Morgan fingerprint density at radius 3 is 3.05 bits per heavy atom. The van der Waals surface area contributed by atoms with Crippen molar-refractivity contribution in [3.63, 3.8) is 0 Å². The third-order valence-corrected chi connectivity index (χ3v) is 4.19. The molecule has 1 saturated heterocycles. The molecule has 3 rings (SSSR count). The highest BCUT2D eigenvalue weighted by atomic mass is 32.1. The Bertz CT molecular complexity index is 565. The van der Waals surface area contributed by atoms with Gasteiger partial charge in [-0.05, 0) is 25.0 Å². The standard InChI is InChI=1S/C13H15N3O2S/c14-12(17)10-6-5-8(18-10)7-15-13-16-9-3-1-2-4-11(9)19-13/h1-4,8,10H,5-7H2,(H2,14,17)(H,15,16). The predicted molar refractivity (Wildman–Crippen MR) is 75.2 cm³/mol. The predicted octanol–water partition coefficient (Wildman–Crippen LogP) is 1.74. The third kappa shape index (κ3) is 2.69. The summed E-state index contributed by atoms with van der Waals surface area (Å²) in [7, 11) is 0. The maximum atomic E-state index is 11.0. The number of anilines is 1. The van der Waals surface area contributed by atoms with Crippen LogP contribution in [0.2, 0.25) is 0 Å². The number of aromatic nitrogens is 1. The lowest BCUT2D eigenvalue weighted by atomic mass is 10.2. The van der Waals surface area contributed by atoms with Crippen LogP contribution in [0.3, 0.4) is 0 Å². The number of primary amides is 1. The van der Waals surface area contributed by atoms with Crippen LogP contribution in [0.5, 0.6) is 0 Å². The number of thiazole rings is 1. The second-order valence-corrected chi connectivity index (χ2v) is 5.62. The summed E-state index contributed by atoms with van der Waals surface area (Å²) in [6.45, 7) is 0.656. The maximum absolute atomic E-state index is 11.0. The van der Waals surface area contributed by atoms with Crippen LogP contribution in [-0.4, -0.2) is 29.6 Å². The van der Waals surface area contributed by atoms with Crippen molar-refractivity contribution >= 4 is 32.6 Å². The first-order valence-corrected chi connectivity index (χ1v) is 7.08. The highest BCUT2D eigenvalue weighted by Gasteiger charge is 2.28. The summed E-state index contributed by atoms with van der Waals surface area (Å²) in [5, 5.41) is 4.15. The van der Waals surface area contributed by atoms with E-state index in [0.29, 0.717) is 13.0 Å². The molecule has 19 heavy (non-hydrogen) atoms. The van der Waals surface area contributed by atoms with Crippen LogP contribution < -0.4 is 11.1 Å². The molecule has 6 heteroatoms. The molecule has 2 heterocycles. The lowest BCUT2D eigenvalue weighted by Crippen LogP contribution is -2.30. The Hall–Kier alpha value is -1.66. The van der Waals surface area contributed by atoms with Gasteiger partial charge in [0.25, 0.3) is 0 Å². The van der Waals surface area contributed by atoms with E-state index in [9.17, 15) is 4.79 Å². The molecule has 5 nitrogen and oxygen atoms in total. The Morgan fingerprint density at radius 2 is 2.32 bits per heavy atom. The number of hydrogen-bond acceptors (Lipinski definition) is 5. The first kappa shape index (κ1) is 12.4. The summed E-state index contributed by atoms with van der Waals surface area (Å²) >= 11 is 1.62. The Balaban J connectivity index is 1.59. The van der Waals surface area contributed by atoms with E-state index in [1.807, 2.05) is 24.3 Å². The molecule has 0 bridgehead atoms. The average Bonchev–Trinajstić information content (AvgIpc) is 3.02. The van der Waals surface area contributed by atoms with Crippen molar-refractivity contribution in [2.75, 3.05) is 11.9 Å². The van der Waals surface area contributed by atoms with E-state index in [2.05, 4.69) is 10.3 Å². The minimum absolute atomic E-state index is 0.0320. The van der Waals surface area contributed by atoms with Gasteiger partial charge in [0.2, 0.25) is 5.91 Å². The van der Waals surface area contributed by atoms with Crippen molar-refractivity contribution in [2.45, 2.75) is 25.0 Å². The van der Waals surface area contributed by atoms with Gasteiger partial charge in [0.1, 0.15) is 6.10 Å². The Morgan fingerprint density at radius 1 is 1.47 bits per heavy atom. The van der Waals surface area contributed by atoms with E-state index in [-0.39, 0.29) is 12.0 Å². The van der Waals surface area contributed by atoms with Gasteiger partial charge in [0.15, 0.2) is 5.13 Å². The van der Waals surface area contributed by atoms with Crippen molar-refractivity contribution in [1.29, 1.82) is 0 Å². The molecule has 1 aliphatic heterocycles. The van der Waals surface area contributed by atoms with Crippen molar-refractivity contribution in [3.05, 3.63) is 24.3 Å². The molecular weight excluding hydrogens is 262 g/mol.